The zero-order valence-electron chi connectivity index (χ0n) is 9.97. The van der Waals surface area contributed by atoms with Gasteiger partial charge in [0.2, 0.25) is 0 Å². The van der Waals surface area contributed by atoms with Crippen LogP contribution in [0.5, 0.6) is 0 Å². The van der Waals surface area contributed by atoms with Crippen LogP contribution < -0.4 is 0 Å². The first-order chi connectivity index (χ1) is 8.72. The predicted octanol–water partition coefficient (Wildman–Crippen LogP) is 4.93. The molecule has 1 aromatic carbocycles. The van der Waals surface area contributed by atoms with Crippen molar-refractivity contribution in [3.8, 4) is 0 Å². The lowest BCUT2D eigenvalue weighted by Crippen LogP contribution is -2.36. The lowest BCUT2D eigenvalue weighted by molar-refractivity contribution is -0.193. The van der Waals surface area contributed by atoms with Crippen LogP contribution in [0.25, 0.3) is 0 Å². The molecule has 0 saturated heterocycles. The number of hydrogen-bond acceptors (Lipinski definition) is 1. The van der Waals surface area contributed by atoms with E-state index in [1.165, 1.54) is 6.07 Å². The molecular weight excluding hydrogens is 300 g/mol. The minimum Gasteiger partial charge on any atom is -0.385 e. The van der Waals surface area contributed by atoms with Crippen LogP contribution in [-0.4, -0.2) is 11.3 Å². The van der Waals surface area contributed by atoms with Gasteiger partial charge in [-0.15, -0.1) is 0 Å². The summed E-state index contributed by atoms with van der Waals surface area (Å²) < 4.78 is 37.8. The fraction of sp³-hybridized carbons (Fsp3) is 0.538. The van der Waals surface area contributed by atoms with E-state index < -0.39 is 17.7 Å². The van der Waals surface area contributed by atoms with Crippen LogP contribution in [0.3, 0.4) is 0 Å². The molecule has 0 bridgehead atoms. The summed E-state index contributed by atoms with van der Waals surface area (Å²) in [6, 6.07) is 4.69. The SMILES string of the molecule is OC1(c2ccc(Cl)c(Cl)c2)CCC(C(F)(F)F)CC1. The van der Waals surface area contributed by atoms with Gasteiger partial charge >= 0.3 is 6.18 Å². The third-order valence-corrected chi connectivity index (χ3v) is 4.47. The Labute approximate surface area is 119 Å². The van der Waals surface area contributed by atoms with E-state index in [1.807, 2.05) is 0 Å². The average Bonchev–Trinajstić information content (AvgIpc) is 2.32. The van der Waals surface area contributed by atoms with E-state index in [9.17, 15) is 18.3 Å². The van der Waals surface area contributed by atoms with E-state index in [0.717, 1.165) is 0 Å². The first kappa shape index (κ1) is 14.9. The maximum atomic E-state index is 12.6. The van der Waals surface area contributed by atoms with Crippen molar-refractivity contribution in [1.82, 2.24) is 0 Å². The largest absolute Gasteiger partial charge is 0.391 e. The number of halogens is 5. The van der Waals surface area contributed by atoms with Gasteiger partial charge in [-0.2, -0.15) is 13.2 Å². The molecule has 1 aliphatic rings. The molecule has 1 aliphatic carbocycles. The van der Waals surface area contributed by atoms with Gasteiger partial charge in [0.25, 0.3) is 0 Å². The molecular formula is C13H13Cl2F3O. The highest BCUT2D eigenvalue weighted by atomic mass is 35.5. The number of hydrogen-bond donors (Lipinski definition) is 1. The summed E-state index contributed by atoms with van der Waals surface area (Å²) in [5.74, 6) is -1.32. The Hall–Kier alpha value is -0.450. The van der Waals surface area contributed by atoms with Crippen molar-refractivity contribution in [2.75, 3.05) is 0 Å². The maximum absolute atomic E-state index is 12.6. The summed E-state index contributed by atoms with van der Waals surface area (Å²) in [6.45, 7) is 0. The Morgan fingerprint density at radius 2 is 1.68 bits per heavy atom. The molecule has 1 aromatic rings. The summed E-state index contributed by atoms with van der Waals surface area (Å²) in [5.41, 5.74) is -0.710. The minimum absolute atomic E-state index is 0.0692. The second kappa shape index (κ2) is 5.15. The third kappa shape index (κ3) is 3.18. The molecule has 1 nitrogen and oxygen atoms in total. The van der Waals surface area contributed by atoms with Crippen LogP contribution in [0.1, 0.15) is 31.2 Å². The highest BCUT2D eigenvalue weighted by Gasteiger charge is 2.45. The van der Waals surface area contributed by atoms with Gasteiger partial charge in [-0.05, 0) is 43.4 Å². The van der Waals surface area contributed by atoms with Crippen molar-refractivity contribution in [3.63, 3.8) is 0 Å². The summed E-state index contributed by atoms with van der Waals surface area (Å²) in [4.78, 5) is 0. The summed E-state index contributed by atoms with van der Waals surface area (Å²) in [7, 11) is 0. The molecule has 6 heteroatoms. The number of alkyl halides is 3. The van der Waals surface area contributed by atoms with Crippen molar-refractivity contribution in [3.05, 3.63) is 33.8 Å². The quantitative estimate of drug-likeness (QED) is 0.779. The van der Waals surface area contributed by atoms with Crippen LogP contribution in [0, 0.1) is 5.92 Å². The van der Waals surface area contributed by atoms with Crippen LogP contribution >= 0.6 is 23.2 Å². The normalized spacial score (nSPS) is 28.4. The number of rotatable bonds is 1. The van der Waals surface area contributed by atoms with Crippen molar-refractivity contribution in [2.45, 2.75) is 37.5 Å². The fourth-order valence-electron chi connectivity index (χ4n) is 2.50. The second-order valence-electron chi connectivity index (χ2n) is 4.98. The molecule has 106 valence electrons. The smallest absolute Gasteiger partial charge is 0.385 e. The number of aliphatic hydroxyl groups is 1. The van der Waals surface area contributed by atoms with E-state index in [2.05, 4.69) is 0 Å². The van der Waals surface area contributed by atoms with Gasteiger partial charge in [0.05, 0.1) is 21.6 Å². The van der Waals surface area contributed by atoms with Gasteiger partial charge in [-0.1, -0.05) is 29.3 Å². The van der Waals surface area contributed by atoms with Crippen LogP contribution in [0.4, 0.5) is 13.2 Å². The van der Waals surface area contributed by atoms with E-state index in [4.69, 9.17) is 23.2 Å². The van der Waals surface area contributed by atoms with Gasteiger partial charge in [-0.25, -0.2) is 0 Å². The zero-order chi connectivity index (χ0) is 14.3. The molecule has 1 N–H and O–H groups in total. The molecule has 0 radical (unpaired) electrons. The lowest BCUT2D eigenvalue weighted by Gasteiger charge is -2.37. The molecule has 19 heavy (non-hydrogen) atoms. The molecule has 0 amide bonds. The summed E-state index contributed by atoms with van der Waals surface area (Å²) >= 11 is 11.7. The van der Waals surface area contributed by atoms with Gasteiger partial charge in [0.1, 0.15) is 0 Å². The minimum atomic E-state index is -4.18. The Bertz CT molecular complexity index is 465. The Kier molecular flexibility index (Phi) is 4.05. The molecule has 0 spiro atoms. The average molecular weight is 313 g/mol. The second-order valence-corrected chi connectivity index (χ2v) is 5.79. The highest BCUT2D eigenvalue weighted by molar-refractivity contribution is 6.42. The standard InChI is InChI=1S/C13H13Cl2F3O/c14-10-2-1-9(7-11(10)15)12(19)5-3-8(4-6-12)13(16,17)18/h1-2,7-8,19H,3-6H2. The van der Waals surface area contributed by atoms with E-state index >= 15 is 0 Å². The molecule has 0 heterocycles. The van der Waals surface area contributed by atoms with Crippen molar-refractivity contribution >= 4 is 23.2 Å². The molecule has 1 saturated carbocycles. The Balaban J connectivity index is 2.15. The molecule has 1 fully saturated rings. The van der Waals surface area contributed by atoms with Gasteiger partial charge in [0.15, 0.2) is 0 Å². The van der Waals surface area contributed by atoms with Crippen LogP contribution in [0.15, 0.2) is 18.2 Å². The monoisotopic (exact) mass is 312 g/mol. The maximum Gasteiger partial charge on any atom is 0.391 e. The van der Waals surface area contributed by atoms with E-state index in [1.54, 1.807) is 12.1 Å². The predicted molar refractivity (Wildman–Crippen MR) is 68.4 cm³/mol. The van der Waals surface area contributed by atoms with Gasteiger partial charge in [-0.3, -0.25) is 0 Å². The highest BCUT2D eigenvalue weighted by Crippen LogP contribution is 2.45. The Morgan fingerprint density at radius 3 is 2.16 bits per heavy atom. The summed E-state index contributed by atoms with van der Waals surface area (Å²) in [6.07, 6.45) is -4.16. The third-order valence-electron chi connectivity index (χ3n) is 3.73. The van der Waals surface area contributed by atoms with Crippen molar-refractivity contribution in [1.29, 1.82) is 0 Å². The fourth-order valence-corrected chi connectivity index (χ4v) is 2.80. The first-order valence-corrected chi connectivity index (χ1v) is 6.72. The van der Waals surface area contributed by atoms with Gasteiger partial charge in [0, 0.05) is 0 Å². The number of benzene rings is 1. The van der Waals surface area contributed by atoms with E-state index in [0.29, 0.717) is 15.6 Å². The Morgan fingerprint density at radius 1 is 1.11 bits per heavy atom. The molecule has 2 rings (SSSR count). The molecule has 0 unspecified atom stereocenters. The van der Waals surface area contributed by atoms with Crippen LogP contribution in [-0.2, 0) is 5.60 Å². The van der Waals surface area contributed by atoms with E-state index in [-0.39, 0.29) is 25.7 Å². The van der Waals surface area contributed by atoms with Crippen LogP contribution in [0.2, 0.25) is 10.0 Å². The van der Waals surface area contributed by atoms with Crippen molar-refractivity contribution in [2.24, 2.45) is 5.92 Å². The lowest BCUT2D eigenvalue weighted by atomic mass is 9.75. The van der Waals surface area contributed by atoms with Crippen molar-refractivity contribution < 1.29 is 18.3 Å². The molecule has 0 aromatic heterocycles. The molecule has 0 atom stereocenters. The summed E-state index contributed by atoms with van der Waals surface area (Å²) in [5, 5.41) is 11.1. The van der Waals surface area contributed by atoms with Gasteiger partial charge < -0.3 is 5.11 Å². The first-order valence-electron chi connectivity index (χ1n) is 5.97. The molecule has 0 aliphatic heterocycles. The topological polar surface area (TPSA) is 20.2 Å². The zero-order valence-corrected chi connectivity index (χ0v) is 11.5.